The zero-order valence-corrected chi connectivity index (χ0v) is 21.2. The number of non-ortho nitro benzene ring substituents is 1. The fourth-order valence-electron chi connectivity index (χ4n) is 3.16. The molecule has 0 spiro atoms. The fraction of sp³-hybridized carbons (Fsp3) is 0.167. The van der Waals surface area contributed by atoms with Gasteiger partial charge in [0.2, 0.25) is 5.91 Å². The second-order valence-corrected chi connectivity index (χ2v) is 10.4. The van der Waals surface area contributed by atoms with Crippen molar-refractivity contribution in [1.29, 1.82) is 0 Å². The van der Waals surface area contributed by atoms with Crippen molar-refractivity contribution in [3.63, 3.8) is 0 Å². The van der Waals surface area contributed by atoms with Gasteiger partial charge in [-0.2, -0.15) is 0 Å². The Labute approximate surface area is 210 Å². The highest BCUT2D eigenvalue weighted by molar-refractivity contribution is 9.10. The van der Waals surface area contributed by atoms with Crippen LogP contribution < -0.4 is 0 Å². The monoisotopic (exact) mass is 560 g/mol. The molecule has 1 atom stereocenters. The third-order valence-electron chi connectivity index (χ3n) is 5.21. The predicted molar refractivity (Wildman–Crippen MR) is 131 cm³/mol. The molecule has 0 fully saturated rings. The van der Waals surface area contributed by atoms with Crippen LogP contribution in [0.25, 0.3) is 0 Å². The maximum absolute atomic E-state index is 13.0. The first-order valence-corrected chi connectivity index (χ1v) is 12.5. The number of nitro benzene ring substituents is 1. The van der Waals surface area contributed by atoms with Crippen LogP contribution in [-0.4, -0.2) is 36.6 Å². The van der Waals surface area contributed by atoms with E-state index in [1.165, 1.54) is 24.3 Å². The second kappa shape index (κ2) is 10.8. The van der Waals surface area contributed by atoms with Crippen LogP contribution in [0.4, 0.5) is 5.69 Å². The minimum atomic E-state index is -4.12. The fourth-order valence-corrected chi connectivity index (χ4v) is 4.84. The number of nitrogens with zero attached hydrogens (tertiary/aromatic N) is 2. The van der Waals surface area contributed by atoms with Crippen LogP contribution >= 0.6 is 15.9 Å². The van der Waals surface area contributed by atoms with Crippen LogP contribution in [0.15, 0.2) is 82.2 Å². The van der Waals surface area contributed by atoms with E-state index >= 15 is 0 Å². The third kappa shape index (κ3) is 6.11. The number of benzene rings is 3. The molecule has 0 aromatic heterocycles. The van der Waals surface area contributed by atoms with E-state index in [0.717, 1.165) is 24.7 Å². The number of hydrogen-bond donors (Lipinski definition) is 0. The van der Waals surface area contributed by atoms with E-state index in [1.807, 2.05) is 6.92 Å². The van der Waals surface area contributed by atoms with Crippen molar-refractivity contribution in [2.24, 2.45) is 0 Å². The first-order valence-electron chi connectivity index (χ1n) is 10.3. The highest BCUT2D eigenvalue weighted by Crippen LogP contribution is 2.31. The number of aryl methyl sites for hydroxylation is 1. The number of hydrogen-bond acceptors (Lipinski definition) is 7. The lowest BCUT2D eigenvalue weighted by Crippen LogP contribution is -2.34. The summed E-state index contributed by atoms with van der Waals surface area (Å²) in [5, 5.41) is 10.9. The molecular weight excluding hydrogens is 540 g/mol. The highest BCUT2D eigenvalue weighted by Gasteiger charge is 2.30. The average molecular weight is 561 g/mol. The molecule has 0 radical (unpaired) electrons. The van der Waals surface area contributed by atoms with E-state index < -0.39 is 39.3 Å². The number of amides is 1. The number of ether oxygens (including phenoxy) is 1. The van der Waals surface area contributed by atoms with Crippen LogP contribution in [0.3, 0.4) is 0 Å². The zero-order valence-electron chi connectivity index (χ0n) is 18.8. The van der Waals surface area contributed by atoms with Gasteiger partial charge in [0.15, 0.2) is 0 Å². The van der Waals surface area contributed by atoms with Crippen LogP contribution in [0.5, 0.6) is 0 Å². The Balaban J connectivity index is 1.86. The van der Waals surface area contributed by atoms with Crippen molar-refractivity contribution in [1.82, 2.24) is 4.31 Å². The van der Waals surface area contributed by atoms with Gasteiger partial charge in [0.05, 0.1) is 21.8 Å². The summed E-state index contributed by atoms with van der Waals surface area (Å²) in [6.45, 7) is 1.81. The van der Waals surface area contributed by atoms with Gasteiger partial charge in [0, 0.05) is 29.2 Å². The quantitative estimate of drug-likeness (QED) is 0.220. The molecular formula is C24H21BrN2O7S. The van der Waals surface area contributed by atoms with E-state index in [-0.39, 0.29) is 16.1 Å². The van der Waals surface area contributed by atoms with Gasteiger partial charge in [-0.15, -0.1) is 0 Å². The lowest BCUT2D eigenvalue weighted by Gasteiger charge is -2.23. The van der Waals surface area contributed by atoms with E-state index in [0.29, 0.717) is 14.3 Å². The Morgan fingerprint density at radius 1 is 1.03 bits per heavy atom. The van der Waals surface area contributed by atoms with Gasteiger partial charge in [0.1, 0.15) is 6.10 Å². The van der Waals surface area contributed by atoms with Crippen molar-refractivity contribution in [2.75, 3.05) is 7.05 Å². The summed E-state index contributed by atoms with van der Waals surface area (Å²) in [6.07, 6.45) is -1.58. The summed E-state index contributed by atoms with van der Waals surface area (Å²) < 4.78 is 32.6. The molecule has 0 N–H and O–H groups in total. The minimum Gasteiger partial charge on any atom is -0.453 e. The maximum Gasteiger partial charge on any atom is 0.338 e. The topological polar surface area (TPSA) is 124 Å². The molecule has 0 saturated carbocycles. The van der Waals surface area contributed by atoms with Gasteiger partial charge >= 0.3 is 5.97 Å². The summed E-state index contributed by atoms with van der Waals surface area (Å²) in [5.41, 5.74) is 1.17. The van der Waals surface area contributed by atoms with Crippen molar-refractivity contribution in [3.05, 3.63) is 104 Å². The summed E-state index contributed by atoms with van der Waals surface area (Å²) in [6, 6.07) is 17.6. The van der Waals surface area contributed by atoms with E-state index in [2.05, 4.69) is 15.9 Å². The Bertz CT molecular complexity index is 1360. The molecule has 11 heteroatoms. The maximum atomic E-state index is 13.0. The molecule has 0 aliphatic heterocycles. The number of carbonyl (C=O) groups excluding carboxylic acids is 2. The van der Waals surface area contributed by atoms with Crippen molar-refractivity contribution in [2.45, 2.75) is 24.3 Å². The van der Waals surface area contributed by atoms with Crippen molar-refractivity contribution in [3.8, 4) is 0 Å². The molecule has 0 aliphatic rings. The molecule has 0 heterocycles. The summed E-state index contributed by atoms with van der Waals surface area (Å²) in [7, 11) is -2.97. The van der Waals surface area contributed by atoms with Crippen LogP contribution in [0, 0.1) is 17.0 Å². The lowest BCUT2D eigenvalue weighted by molar-refractivity contribution is -0.384. The number of halogens is 1. The van der Waals surface area contributed by atoms with E-state index in [4.69, 9.17) is 4.74 Å². The third-order valence-corrected chi connectivity index (χ3v) is 7.72. The Hall–Kier alpha value is -3.57. The summed E-state index contributed by atoms with van der Waals surface area (Å²) in [5.74, 6) is -1.61. The van der Waals surface area contributed by atoms with Crippen LogP contribution in [0.1, 0.15) is 34.0 Å². The Morgan fingerprint density at radius 3 is 2.20 bits per heavy atom. The van der Waals surface area contributed by atoms with E-state index in [1.54, 1.807) is 36.4 Å². The first-order chi connectivity index (χ1) is 16.5. The van der Waals surface area contributed by atoms with Gasteiger partial charge in [0.25, 0.3) is 15.7 Å². The number of sulfonamides is 1. The molecule has 1 unspecified atom stereocenters. The predicted octanol–water partition coefficient (Wildman–Crippen LogP) is 4.80. The number of nitro groups is 1. The smallest absolute Gasteiger partial charge is 0.338 e. The Morgan fingerprint density at radius 2 is 1.63 bits per heavy atom. The molecule has 3 aromatic carbocycles. The second-order valence-electron chi connectivity index (χ2n) is 7.60. The van der Waals surface area contributed by atoms with Gasteiger partial charge in [-0.1, -0.05) is 51.8 Å². The van der Waals surface area contributed by atoms with Crippen molar-refractivity contribution < 1.29 is 27.7 Å². The van der Waals surface area contributed by atoms with Crippen LogP contribution in [-0.2, 0) is 19.6 Å². The zero-order chi connectivity index (χ0) is 25.8. The lowest BCUT2D eigenvalue weighted by atomic mass is 10.1. The largest absolute Gasteiger partial charge is 0.453 e. The molecule has 1 amide bonds. The summed E-state index contributed by atoms with van der Waals surface area (Å²) in [4.78, 5) is 36.0. The minimum absolute atomic E-state index is 0.0423. The summed E-state index contributed by atoms with van der Waals surface area (Å²) >= 11 is 3.37. The SMILES string of the molecule is Cc1ccc(S(=O)(=O)N(C)C(=O)CC(OC(=O)c2ccc([N+](=O)[O-])cc2)c2ccccc2Br)cc1. The van der Waals surface area contributed by atoms with Gasteiger partial charge in [-0.3, -0.25) is 14.9 Å². The first kappa shape index (κ1) is 26.0. The normalized spacial score (nSPS) is 12.0. The van der Waals surface area contributed by atoms with E-state index in [9.17, 15) is 28.1 Å². The van der Waals surface area contributed by atoms with Gasteiger partial charge in [-0.05, 0) is 37.3 Å². The standard InChI is InChI=1S/C24H21BrN2O7S/c1-16-7-13-19(14-8-16)35(32,33)26(2)23(28)15-22(20-5-3-4-6-21(20)25)34-24(29)17-9-11-18(12-10-17)27(30)31/h3-14,22H,15H2,1-2H3. The molecule has 0 saturated heterocycles. The Kier molecular flexibility index (Phi) is 8.03. The van der Waals surface area contributed by atoms with Gasteiger partial charge in [-0.25, -0.2) is 17.5 Å². The van der Waals surface area contributed by atoms with Crippen molar-refractivity contribution >= 4 is 43.5 Å². The molecule has 0 bridgehead atoms. The molecule has 9 nitrogen and oxygen atoms in total. The molecule has 182 valence electrons. The highest BCUT2D eigenvalue weighted by atomic mass is 79.9. The molecule has 35 heavy (non-hydrogen) atoms. The number of carbonyl (C=O) groups is 2. The number of rotatable bonds is 8. The number of esters is 1. The molecule has 3 aromatic rings. The van der Waals surface area contributed by atoms with Crippen LogP contribution in [0.2, 0.25) is 0 Å². The molecule has 0 aliphatic carbocycles. The average Bonchev–Trinajstić information content (AvgIpc) is 2.83. The van der Waals surface area contributed by atoms with Gasteiger partial charge < -0.3 is 4.74 Å². The molecule has 3 rings (SSSR count).